The largest absolute Gasteiger partial charge is 0.274 e. The first-order valence-corrected chi connectivity index (χ1v) is 5.90. The summed E-state index contributed by atoms with van der Waals surface area (Å²) >= 11 is 2.17. The number of imide groups is 1. The molecule has 2 unspecified atom stereocenters. The van der Waals surface area contributed by atoms with Crippen molar-refractivity contribution in [1.82, 2.24) is 0 Å². The molecule has 0 spiro atoms. The highest BCUT2D eigenvalue weighted by Gasteiger charge is 2.59. The fourth-order valence-electron chi connectivity index (χ4n) is 2.05. The molecule has 1 aliphatic carbocycles. The minimum atomic E-state index is -0.0213. The number of carbonyl (C=O) groups is 2. The average molecular weight is 313 g/mol. The number of amides is 2. The van der Waals surface area contributed by atoms with E-state index in [1.807, 2.05) is 24.3 Å². The summed E-state index contributed by atoms with van der Waals surface area (Å²) < 4.78 is 1.03. The van der Waals surface area contributed by atoms with Gasteiger partial charge in [-0.3, -0.25) is 14.5 Å². The smallest absolute Gasteiger partial charge is 0.237 e. The zero-order valence-corrected chi connectivity index (χ0v) is 9.97. The Kier molecular flexibility index (Phi) is 1.89. The van der Waals surface area contributed by atoms with Gasteiger partial charge in [0.15, 0.2) is 0 Å². The lowest BCUT2D eigenvalue weighted by atomic mass is 10.3. The van der Waals surface area contributed by atoms with E-state index in [0.29, 0.717) is 5.69 Å². The maximum atomic E-state index is 11.8. The van der Waals surface area contributed by atoms with E-state index >= 15 is 0 Å². The number of piperidine rings is 1. The van der Waals surface area contributed by atoms with Crippen LogP contribution in [0.1, 0.15) is 6.42 Å². The minimum absolute atomic E-state index is 0.0182. The number of benzene rings is 1. The lowest BCUT2D eigenvalue weighted by Crippen LogP contribution is -2.32. The standard InChI is InChI=1S/C11H8INO2/c12-6-2-1-3-7(4-6)13-10(14)8-5-9(8)11(13)15/h1-4,8-9H,5H2. The molecule has 2 atom stereocenters. The molecule has 3 nitrogen and oxygen atoms in total. The van der Waals surface area contributed by atoms with Crippen LogP contribution in [0.4, 0.5) is 5.69 Å². The summed E-state index contributed by atoms with van der Waals surface area (Å²) in [6.45, 7) is 0. The molecule has 1 heterocycles. The van der Waals surface area contributed by atoms with Gasteiger partial charge in [0.25, 0.3) is 0 Å². The predicted octanol–water partition coefficient (Wildman–Crippen LogP) is 1.80. The molecule has 0 radical (unpaired) electrons. The lowest BCUT2D eigenvalue weighted by molar-refractivity contribution is -0.123. The summed E-state index contributed by atoms with van der Waals surface area (Å²) in [4.78, 5) is 24.9. The van der Waals surface area contributed by atoms with Crippen molar-refractivity contribution in [1.29, 1.82) is 0 Å². The van der Waals surface area contributed by atoms with E-state index < -0.39 is 0 Å². The number of rotatable bonds is 1. The number of halogens is 1. The van der Waals surface area contributed by atoms with Gasteiger partial charge in [-0.2, -0.15) is 0 Å². The Hall–Kier alpha value is -0.910. The first-order valence-electron chi connectivity index (χ1n) is 4.82. The molecule has 2 amide bonds. The molecule has 0 bridgehead atoms. The molecule has 1 aliphatic heterocycles. The van der Waals surface area contributed by atoms with Gasteiger partial charge in [-0.05, 0) is 47.2 Å². The van der Waals surface area contributed by atoms with Crippen molar-refractivity contribution in [2.45, 2.75) is 6.42 Å². The van der Waals surface area contributed by atoms with Gasteiger partial charge in [0, 0.05) is 3.57 Å². The van der Waals surface area contributed by atoms with Crippen LogP contribution in [0.3, 0.4) is 0 Å². The number of fused-ring (bicyclic) bond motifs is 1. The third-order valence-electron chi connectivity index (χ3n) is 2.93. The van der Waals surface area contributed by atoms with Crippen LogP contribution < -0.4 is 4.90 Å². The topological polar surface area (TPSA) is 37.4 Å². The second-order valence-corrected chi connectivity index (χ2v) is 5.19. The number of hydrogen-bond acceptors (Lipinski definition) is 2. The first-order chi connectivity index (χ1) is 7.18. The van der Waals surface area contributed by atoms with Gasteiger partial charge in [0.05, 0.1) is 17.5 Å². The number of hydrogen-bond donors (Lipinski definition) is 0. The minimum Gasteiger partial charge on any atom is -0.274 e. The van der Waals surface area contributed by atoms with Gasteiger partial charge in [-0.1, -0.05) is 6.07 Å². The van der Waals surface area contributed by atoms with Gasteiger partial charge in [-0.15, -0.1) is 0 Å². The SMILES string of the molecule is O=C1C2CC2C(=O)N1c1cccc(I)c1. The Bertz CT molecular complexity index is 451. The van der Waals surface area contributed by atoms with Crippen molar-refractivity contribution in [3.05, 3.63) is 27.8 Å². The molecular formula is C11H8INO2. The first kappa shape index (κ1) is 9.33. The van der Waals surface area contributed by atoms with Crippen LogP contribution in [-0.4, -0.2) is 11.8 Å². The fraction of sp³-hybridized carbons (Fsp3) is 0.273. The molecule has 1 saturated heterocycles. The molecule has 2 aliphatic rings. The highest BCUT2D eigenvalue weighted by molar-refractivity contribution is 14.1. The average Bonchev–Trinajstić information content (AvgIpc) is 2.92. The van der Waals surface area contributed by atoms with Crippen molar-refractivity contribution in [3.63, 3.8) is 0 Å². The van der Waals surface area contributed by atoms with E-state index in [4.69, 9.17) is 0 Å². The second-order valence-electron chi connectivity index (χ2n) is 3.94. The number of anilines is 1. The van der Waals surface area contributed by atoms with Crippen LogP contribution in [0.15, 0.2) is 24.3 Å². The molecule has 1 saturated carbocycles. The van der Waals surface area contributed by atoms with Crippen LogP contribution in [0.5, 0.6) is 0 Å². The Morgan fingerprint density at radius 3 is 2.47 bits per heavy atom. The van der Waals surface area contributed by atoms with Gasteiger partial charge in [0.2, 0.25) is 11.8 Å². The zero-order chi connectivity index (χ0) is 10.6. The van der Waals surface area contributed by atoms with Crippen molar-refractivity contribution < 1.29 is 9.59 Å². The van der Waals surface area contributed by atoms with Gasteiger partial charge < -0.3 is 0 Å². The van der Waals surface area contributed by atoms with Crippen LogP contribution >= 0.6 is 22.6 Å². The van der Waals surface area contributed by atoms with Crippen molar-refractivity contribution in [2.24, 2.45) is 11.8 Å². The Labute approximate surface area is 101 Å². The van der Waals surface area contributed by atoms with E-state index in [1.165, 1.54) is 4.90 Å². The van der Waals surface area contributed by atoms with E-state index in [9.17, 15) is 9.59 Å². The maximum Gasteiger partial charge on any atom is 0.237 e. The molecule has 0 aromatic heterocycles. The van der Waals surface area contributed by atoms with Gasteiger partial charge in [-0.25, -0.2) is 0 Å². The molecule has 2 fully saturated rings. The summed E-state index contributed by atoms with van der Waals surface area (Å²) in [6, 6.07) is 7.47. The molecule has 15 heavy (non-hydrogen) atoms. The molecule has 1 aromatic rings. The van der Waals surface area contributed by atoms with Crippen LogP contribution in [0.2, 0.25) is 0 Å². The monoisotopic (exact) mass is 313 g/mol. The molecule has 76 valence electrons. The quantitative estimate of drug-likeness (QED) is 0.586. The van der Waals surface area contributed by atoms with Crippen LogP contribution in [-0.2, 0) is 9.59 Å². The predicted molar refractivity (Wildman–Crippen MR) is 63.2 cm³/mol. The summed E-state index contributed by atoms with van der Waals surface area (Å²) in [5.41, 5.74) is 0.712. The van der Waals surface area contributed by atoms with E-state index in [-0.39, 0.29) is 23.7 Å². The van der Waals surface area contributed by atoms with Crippen LogP contribution in [0, 0.1) is 15.4 Å². The fourth-order valence-corrected chi connectivity index (χ4v) is 2.58. The number of carbonyl (C=O) groups excluding carboxylic acids is 2. The van der Waals surface area contributed by atoms with Crippen LogP contribution in [0.25, 0.3) is 0 Å². The molecule has 1 aromatic carbocycles. The second kappa shape index (κ2) is 3.04. The summed E-state index contributed by atoms with van der Waals surface area (Å²) in [6.07, 6.45) is 0.762. The maximum absolute atomic E-state index is 11.8. The summed E-state index contributed by atoms with van der Waals surface area (Å²) in [7, 11) is 0. The van der Waals surface area contributed by atoms with Crippen molar-refractivity contribution in [2.75, 3.05) is 4.90 Å². The molecule has 4 heteroatoms. The van der Waals surface area contributed by atoms with E-state index in [0.717, 1.165) is 9.99 Å². The summed E-state index contributed by atoms with van der Waals surface area (Å²) in [5, 5.41) is 0. The Balaban J connectivity index is 2.01. The van der Waals surface area contributed by atoms with Crippen molar-refractivity contribution >= 4 is 40.1 Å². The Morgan fingerprint density at radius 1 is 1.20 bits per heavy atom. The molecule has 0 N–H and O–H groups in total. The lowest BCUT2D eigenvalue weighted by Gasteiger charge is -2.16. The normalized spacial score (nSPS) is 28.2. The summed E-state index contributed by atoms with van der Waals surface area (Å²) in [5.74, 6) is -0.0789. The Morgan fingerprint density at radius 2 is 1.87 bits per heavy atom. The highest BCUT2D eigenvalue weighted by atomic mass is 127. The third-order valence-corrected chi connectivity index (χ3v) is 3.60. The highest BCUT2D eigenvalue weighted by Crippen LogP contribution is 2.48. The van der Waals surface area contributed by atoms with E-state index in [1.54, 1.807) is 0 Å². The molecule has 3 rings (SSSR count). The van der Waals surface area contributed by atoms with Gasteiger partial charge in [0.1, 0.15) is 0 Å². The van der Waals surface area contributed by atoms with Crippen molar-refractivity contribution in [3.8, 4) is 0 Å². The zero-order valence-electron chi connectivity index (χ0n) is 7.81. The third kappa shape index (κ3) is 1.31. The molecular weight excluding hydrogens is 305 g/mol. The number of nitrogens with zero attached hydrogens (tertiary/aromatic N) is 1. The van der Waals surface area contributed by atoms with E-state index in [2.05, 4.69) is 22.6 Å². The van der Waals surface area contributed by atoms with Gasteiger partial charge >= 0.3 is 0 Å².